The van der Waals surface area contributed by atoms with Gasteiger partial charge in [-0.2, -0.15) is 4.98 Å². The smallest absolute Gasteiger partial charge is 0.226 e. The SMILES string of the molecule is COc1cc(C)nc(NCc2ccccc2F)n1. The van der Waals surface area contributed by atoms with Gasteiger partial charge in [-0.1, -0.05) is 18.2 Å². The molecule has 0 aliphatic carbocycles. The summed E-state index contributed by atoms with van der Waals surface area (Å²) >= 11 is 0. The van der Waals surface area contributed by atoms with Crippen LogP contribution in [0, 0.1) is 12.7 Å². The highest BCUT2D eigenvalue weighted by Crippen LogP contribution is 2.13. The summed E-state index contributed by atoms with van der Waals surface area (Å²) in [4.78, 5) is 8.33. The van der Waals surface area contributed by atoms with Crippen LogP contribution in [0.4, 0.5) is 10.3 Å². The second-order valence-corrected chi connectivity index (χ2v) is 3.82. The van der Waals surface area contributed by atoms with Crippen LogP contribution in [0.5, 0.6) is 5.88 Å². The molecule has 0 atom stereocenters. The lowest BCUT2D eigenvalue weighted by Crippen LogP contribution is -2.06. The van der Waals surface area contributed by atoms with Gasteiger partial charge in [0.15, 0.2) is 0 Å². The molecule has 0 fully saturated rings. The van der Waals surface area contributed by atoms with Crippen LogP contribution in [-0.2, 0) is 6.54 Å². The second kappa shape index (κ2) is 5.44. The highest BCUT2D eigenvalue weighted by atomic mass is 19.1. The molecule has 0 bridgehead atoms. The number of aryl methyl sites for hydroxylation is 1. The Morgan fingerprint density at radius 3 is 2.78 bits per heavy atom. The molecule has 0 spiro atoms. The maximum Gasteiger partial charge on any atom is 0.226 e. The summed E-state index contributed by atoms with van der Waals surface area (Å²) in [5, 5.41) is 2.98. The van der Waals surface area contributed by atoms with Gasteiger partial charge in [0, 0.05) is 23.9 Å². The van der Waals surface area contributed by atoms with Crippen molar-refractivity contribution in [1.29, 1.82) is 0 Å². The van der Waals surface area contributed by atoms with Crippen molar-refractivity contribution in [1.82, 2.24) is 9.97 Å². The number of ether oxygens (including phenoxy) is 1. The molecule has 0 unspecified atom stereocenters. The standard InChI is InChI=1S/C13H14FN3O/c1-9-7-12(18-2)17-13(16-9)15-8-10-5-3-4-6-11(10)14/h3-7H,8H2,1-2H3,(H,15,16,17). The number of anilines is 1. The predicted octanol–water partition coefficient (Wildman–Crippen LogP) is 2.54. The predicted molar refractivity (Wildman–Crippen MR) is 67.0 cm³/mol. The average Bonchev–Trinajstić information content (AvgIpc) is 2.37. The van der Waals surface area contributed by atoms with Crippen molar-refractivity contribution in [3.05, 3.63) is 47.4 Å². The summed E-state index contributed by atoms with van der Waals surface area (Å²) in [5.74, 6) is 0.665. The second-order valence-electron chi connectivity index (χ2n) is 3.82. The number of nitrogens with zero attached hydrogens (tertiary/aromatic N) is 2. The van der Waals surface area contributed by atoms with E-state index in [-0.39, 0.29) is 5.82 Å². The summed E-state index contributed by atoms with van der Waals surface area (Å²) in [5.41, 5.74) is 1.36. The molecule has 1 aromatic heterocycles. The van der Waals surface area contributed by atoms with Crippen molar-refractivity contribution in [2.45, 2.75) is 13.5 Å². The summed E-state index contributed by atoms with van der Waals surface area (Å²) in [7, 11) is 1.54. The van der Waals surface area contributed by atoms with Gasteiger partial charge in [0.25, 0.3) is 0 Å². The first-order chi connectivity index (χ1) is 8.69. The highest BCUT2D eigenvalue weighted by Gasteiger charge is 2.04. The minimum Gasteiger partial charge on any atom is -0.481 e. The van der Waals surface area contributed by atoms with Crippen molar-refractivity contribution < 1.29 is 9.13 Å². The Balaban J connectivity index is 2.11. The lowest BCUT2D eigenvalue weighted by atomic mass is 10.2. The number of benzene rings is 1. The van der Waals surface area contributed by atoms with Crippen molar-refractivity contribution in [2.24, 2.45) is 0 Å². The Hall–Kier alpha value is -2.17. The summed E-state index contributed by atoms with van der Waals surface area (Å²) in [6.45, 7) is 2.18. The van der Waals surface area contributed by atoms with Gasteiger partial charge < -0.3 is 10.1 Å². The first-order valence-electron chi connectivity index (χ1n) is 5.56. The van der Waals surface area contributed by atoms with Crippen molar-refractivity contribution in [3.8, 4) is 5.88 Å². The number of hydrogen-bond donors (Lipinski definition) is 1. The molecule has 1 aromatic carbocycles. The van der Waals surface area contributed by atoms with Crippen LogP contribution >= 0.6 is 0 Å². The van der Waals surface area contributed by atoms with Gasteiger partial charge in [-0.25, -0.2) is 9.37 Å². The molecule has 0 radical (unpaired) electrons. The largest absolute Gasteiger partial charge is 0.481 e. The van der Waals surface area contributed by atoms with E-state index in [9.17, 15) is 4.39 Å². The van der Waals surface area contributed by atoms with E-state index in [1.807, 2.05) is 6.92 Å². The van der Waals surface area contributed by atoms with Crippen LogP contribution in [-0.4, -0.2) is 17.1 Å². The van der Waals surface area contributed by atoms with E-state index < -0.39 is 0 Å². The zero-order valence-electron chi connectivity index (χ0n) is 10.3. The molecule has 1 N–H and O–H groups in total. The van der Waals surface area contributed by atoms with Crippen LogP contribution < -0.4 is 10.1 Å². The molecule has 94 valence electrons. The lowest BCUT2D eigenvalue weighted by molar-refractivity contribution is 0.397. The Kier molecular flexibility index (Phi) is 3.72. The Labute approximate surface area is 105 Å². The molecule has 0 saturated carbocycles. The van der Waals surface area contributed by atoms with E-state index in [1.54, 1.807) is 31.4 Å². The molecule has 2 aromatic rings. The molecule has 0 amide bonds. The van der Waals surface area contributed by atoms with E-state index in [2.05, 4.69) is 15.3 Å². The fraction of sp³-hybridized carbons (Fsp3) is 0.231. The fourth-order valence-corrected chi connectivity index (χ4v) is 1.54. The van der Waals surface area contributed by atoms with E-state index in [0.717, 1.165) is 5.69 Å². The lowest BCUT2D eigenvalue weighted by Gasteiger charge is -2.08. The van der Waals surface area contributed by atoms with Crippen LogP contribution in [0.1, 0.15) is 11.3 Å². The van der Waals surface area contributed by atoms with Crippen LogP contribution in [0.25, 0.3) is 0 Å². The van der Waals surface area contributed by atoms with Crippen LogP contribution in [0.2, 0.25) is 0 Å². The van der Waals surface area contributed by atoms with Gasteiger partial charge >= 0.3 is 0 Å². The Bertz CT molecular complexity index is 546. The van der Waals surface area contributed by atoms with E-state index in [4.69, 9.17) is 4.74 Å². The third kappa shape index (κ3) is 2.94. The number of nitrogens with one attached hydrogen (secondary N) is 1. The maximum absolute atomic E-state index is 13.4. The average molecular weight is 247 g/mol. The highest BCUT2D eigenvalue weighted by molar-refractivity contribution is 5.32. The Morgan fingerprint density at radius 1 is 1.28 bits per heavy atom. The minimum absolute atomic E-state index is 0.246. The molecule has 1 heterocycles. The van der Waals surface area contributed by atoms with Crippen molar-refractivity contribution in [3.63, 3.8) is 0 Å². The first-order valence-corrected chi connectivity index (χ1v) is 5.56. The van der Waals surface area contributed by atoms with Gasteiger partial charge in [-0.05, 0) is 13.0 Å². The minimum atomic E-state index is -0.246. The number of halogens is 1. The van der Waals surface area contributed by atoms with Gasteiger partial charge in [0.1, 0.15) is 5.82 Å². The topological polar surface area (TPSA) is 47.0 Å². The van der Waals surface area contributed by atoms with Crippen LogP contribution in [0.15, 0.2) is 30.3 Å². The third-order valence-electron chi connectivity index (χ3n) is 2.43. The fourth-order valence-electron chi connectivity index (χ4n) is 1.54. The molecule has 0 saturated heterocycles. The molecule has 2 rings (SSSR count). The molecule has 4 nitrogen and oxygen atoms in total. The van der Waals surface area contributed by atoms with Crippen molar-refractivity contribution in [2.75, 3.05) is 12.4 Å². The normalized spacial score (nSPS) is 10.2. The van der Waals surface area contributed by atoms with Gasteiger partial charge in [0.2, 0.25) is 11.8 Å². The van der Waals surface area contributed by atoms with Crippen molar-refractivity contribution >= 4 is 5.95 Å². The molecular formula is C13H14FN3O. The molecule has 18 heavy (non-hydrogen) atoms. The molecule has 5 heteroatoms. The van der Waals surface area contributed by atoms with Gasteiger partial charge in [-0.15, -0.1) is 0 Å². The van der Waals surface area contributed by atoms with E-state index in [0.29, 0.717) is 23.9 Å². The van der Waals surface area contributed by atoms with Gasteiger partial charge in [0.05, 0.1) is 7.11 Å². The summed E-state index contributed by atoms with van der Waals surface area (Å²) < 4.78 is 18.5. The number of hydrogen-bond acceptors (Lipinski definition) is 4. The molecule has 0 aliphatic heterocycles. The quantitative estimate of drug-likeness (QED) is 0.902. The van der Waals surface area contributed by atoms with Gasteiger partial charge in [-0.3, -0.25) is 0 Å². The zero-order chi connectivity index (χ0) is 13.0. The molecular weight excluding hydrogens is 233 g/mol. The maximum atomic E-state index is 13.4. The van der Waals surface area contributed by atoms with E-state index >= 15 is 0 Å². The number of rotatable bonds is 4. The van der Waals surface area contributed by atoms with E-state index in [1.165, 1.54) is 6.07 Å². The molecule has 0 aliphatic rings. The first kappa shape index (κ1) is 12.3. The summed E-state index contributed by atoms with van der Waals surface area (Å²) in [6.07, 6.45) is 0. The summed E-state index contributed by atoms with van der Waals surface area (Å²) in [6, 6.07) is 8.32. The third-order valence-corrected chi connectivity index (χ3v) is 2.43. The number of methoxy groups -OCH3 is 1. The number of aromatic nitrogens is 2. The zero-order valence-corrected chi connectivity index (χ0v) is 10.3. The van der Waals surface area contributed by atoms with Crippen LogP contribution in [0.3, 0.4) is 0 Å². The monoisotopic (exact) mass is 247 g/mol. The Morgan fingerprint density at radius 2 is 2.06 bits per heavy atom.